The molecule has 0 unspecified atom stereocenters. The highest BCUT2D eigenvalue weighted by Crippen LogP contribution is 2.52. The Morgan fingerprint density at radius 2 is 2.32 bits per heavy atom. The third-order valence-corrected chi connectivity index (χ3v) is 5.32. The molecule has 3 aliphatic heterocycles. The van der Waals surface area contributed by atoms with E-state index >= 15 is 0 Å². The van der Waals surface area contributed by atoms with Gasteiger partial charge < -0.3 is 14.6 Å². The summed E-state index contributed by atoms with van der Waals surface area (Å²) < 4.78 is 11.2. The predicted octanol–water partition coefficient (Wildman–Crippen LogP) is 1.43. The minimum Gasteiger partial charge on any atom is -0.360 e. The van der Waals surface area contributed by atoms with Crippen molar-refractivity contribution in [3.63, 3.8) is 0 Å². The van der Waals surface area contributed by atoms with E-state index in [9.17, 15) is 9.59 Å². The van der Waals surface area contributed by atoms with E-state index in [0.717, 1.165) is 6.42 Å². The minimum absolute atomic E-state index is 0.103. The molecule has 4 rings (SSSR count). The number of ether oxygens (including phenoxy) is 1. The van der Waals surface area contributed by atoms with Crippen LogP contribution in [0.4, 0.5) is 5.82 Å². The molecule has 25 heavy (non-hydrogen) atoms. The summed E-state index contributed by atoms with van der Waals surface area (Å²) in [7, 11) is 0. The third kappa shape index (κ3) is 2.49. The molecule has 7 heteroatoms. The fourth-order valence-corrected chi connectivity index (χ4v) is 4.07. The molecule has 134 valence electrons. The fraction of sp³-hybridized carbons (Fsp3) is 0.611. The van der Waals surface area contributed by atoms with Gasteiger partial charge in [0, 0.05) is 12.6 Å². The van der Waals surface area contributed by atoms with Gasteiger partial charge in [-0.1, -0.05) is 31.2 Å². The van der Waals surface area contributed by atoms with Gasteiger partial charge in [-0.15, -0.1) is 0 Å². The number of carbonyl (C=O) groups excluding carboxylic acids is 2. The first-order valence-electron chi connectivity index (χ1n) is 8.81. The lowest BCUT2D eigenvalue weighted by molar-refractivity contribution is -0.131. The number of aromatic nitrogens is 1. The molecule has 2 bridgehead atoms. The van der Waals surface area contributed by atoms with E-state index in [0.29, 0.717) is 30.6 Å². The van der Waals surface area contributed by atoms with Crippen LogP contribution in [0, 0.1) is 24.7 Å². The number of rotatable bonds is 5. The monoisotopic (exact) mass is 345 g/mol. The summed E-state index contributed by atoms with van der Waals surface area (Å²) in [5.74, 6) is 0.424. The Labute approximate surface area is 146 Å². The second-order valence-electron chi connectivity index (χ2n) is 7.59. The maximum atomic E-state index is 13.0. The maximum Gasteiger partial charge on any atom is 0.235 e. The molecule has 0 aliphatic carbocycles. The van der Waals surface area contributed by atoms with Crippen LogP contribution in [0.25, 0.3) is 0 Å². The summed E-state index contributed by atoms with van der Waals surface area (Å²) in [4.78, 5) is 27.3. The van der Waals surface area contributed by atoms with Crippen LogP contribution in [-0.4, -0.2) is 41.8 Å². The molecule has 2 amide bonds. The van der Waals surface area contributed by atoms with Gasteiger partial charge in [-0.3, -0.25) is 14.5 Å². The molecule has 1 N–H and O–H groups in total. The molecule has 2 fully saturated rings. The second kappa shape index (κ2) is 5.69. The van der Waals surface area contributed by atoms with Gasteiger partial charge in [-0.25, -0.2) is 0 Å². The average molecular weight is 345 g/mol. The van der Waals surface area contributed by atoms with Gasteiger partial charge in [-0.2, -0.15) is 0 Å². The summed E-state index contributed by atoms with van der Waals surface area (Å²) in [5, 5.41) is 6.91. The van der Waals surface area contributed by atoms with Gasteiger partial charge in [0.1, 0.15) is 11.4 Å². The Balaban J connectivity index is 1.55. The average Bonchev–Trinajstić information content (AvgIpc) is 3.28. The number of aryl methyl sites for hydroxylation is 1. The van der Waals surface area contributed by atoms with Crippen molar-refractivity contribution in [1.82, 2.24) is 10.5 Å². The molecule has 2 saturated heterocycles. The van der Waals surface area contributed by atoms with Crippen LogP contribution in [0.15, 0.2) is 22.7 Å². The van der Waals surface area contributed by atoms with Crippen LogP contribution < -0.4 is 10.2 Å². The number of nitrogens with one attached hydrogen (secondary N) is 1. The van der Waals surface area contributed by atoms with Crippen molar-refractivity contribution in [2.75, 3.05) is 18.0 Å². The SMILES string of the molecule is Cc1cc(N2C[C@]34C=C[C@@H](O3)[C@H](C(=O)NCCC(C)C)[C@@H]4C2=O)no1. The largest absolute Gasteiger partial charge is 0.360 e. The van der Waals surface area contributed by atoms with E-state index in [1.807, 2.05) is 12.2 Å². The number of anilines is 1. The molecule has 1 aromatic heterocycles. The number of hydrogen-bond donors (Lipinski definition) is 1. The zero-order valence-corrected chi connectivity index (χ0v) is 14.7. The molecule has 1 aromatic rings. The van der Waals surface area contributed by atoms with Gasteiger partial charge in [0.2, 0.25) is 11.8 Å². The third-order valence-electron chi connectivity index (χ3n) is 5.32. The zero-order valence-electron chi connectivity index (χ0n) is 14.7. The Bertz CT molecular complexity index is 740. The Morgan fingerprint density at radius 3 is 3.00 bits per heavy atom. The van der Waals surface area contributed by atoms with E-state index in [2.05, 4.69) is 24.3 Å². The highest BCUT2D eigenvalue weighted by molar-refractivity contribution is 6.02. The van der Waals surface area contributed by atoms with E-state index in [1.165, 1.54) is 0 Å². The van der Waals surface area contributed by atoms with E-state index in [4.69, 9.17) is 9.26 Å². The topological polar surface area (TPSA) is 84.7 Å². The second-order valence-corrected chi connectivity index (χ2v) is 7.59. The molecule has 7 nitrogen and oxygen atoms in total. The molecule has 0 aromatic carbocycles. The first-order valence-corrected chi connectivity index (χ1v) is 8.81. The van der Waals surface area contributed by atoms with Crippen molar-refractivity contribution >= 4 is 17.6 Å². The summed E-state index contributed by atoms with van der Waals surface area (Å²) in [6.07, 6.45) is 4.43. The highest BCUT2D eigenvalue weighted by atomic mass is 16.5. The van der Waals surface area contributed by atoms with Crippen LogP contribution in [0.1, 0.15) is 26.0 Å². The molecule has 0 saturated carbocycles. The Hall–Kier alpha value is -2.15. The van der Waals surface area contributed by atoms with Gasteiger partial charge in [0.05, 0.1) is 24.5 Å². The van der Waals surface area contributed by atoms with Crippen LogP contribution in [0.3, 0.4) is 0 Å². The first kappa shape index (κ1) is 16.3. The van der Waals surface area contributed by atoms with E-state index < -0.39 is 17.4 Å². The van der Waals surface area contributed by atoms with Crippen LogP contribution in [0.2, 0.25) is 0 Å². The predicted molar refractivity (Wildman–Crippen MR) is 89.8 cm³/mol. The van der Waals surface area contributed by atoms with Crippen LogP contribution >= 0.6 is 0 Å². The van der Waals surface area contributed by atoms with Crippen molar-refractivity contribution in [1.29, 1.82) is 0 Å². The summed E-state index contributed by atoms with van der Waals surface area (Å²) in [6.45, 7) is 6.99. The fourth-order valence-electron chi connectivity index (χ4n) is 4.07. The number of hydrogen-bond acceptors (Lipinski definition) is 5. The number of carbonyl (C=O) groups is 2. The summed E-state index contributed by atoms with van der Waals surface area (Å²) in [6, 6.07) is 1.73. The van der Waals surface area contributed by atoms with Gasteiger partial charge >= 0.3 is 0 Å². The quantitative estimate of drug-likeness (QED) is 0.816. The standard InChI is InChI=1S/C18H23N3O4/c1-10(2)5-7-19-16(22)14-12-4-6-18(24-12)9-21(17(23)15(14)18)13-8-11(3)25-20-13/h4,6,8,10,12,14-15H,5,7,9H2,1-3H3,(H,19,22)/t12-,14+,15-,18+/m1/s1. The van der Waals surface area contributed by atoms with Gasteiger partial charge in [-0.05, 0) is 19.3 Å². The molecule has 3 aliphatic rings. The van der Waals surface area contributed by atoms with Gasteiger partial charge in [0.15, 0.2) is 5.82 Å². The van der Waals surface area contributed by atoms with Crippen molar-refractivity contribution < 1.29 is 18.8 Å². The zero-order chi connectivity index (χ0) is 17.8. The lowest BCUT2D eigenvalue weighted by Gasteiger charge is -2.23. The normalized spacial score (nSPS) is 32.7. The minimum atomic E-state index is -0.728. The molecule has 0 radical (unpaired) electrons. The summed E-state index contributed by atoms with van der Waals surface area (Å²) in [5.41, 5.74) is -0.728. The molecule has 4 heterocycles. The maximum absolute atomic E-state index is 13.0. The van der Waals surface area contributed by atoms with Crippen LogP contribution in [-0.2, 0) is 14.3 Å². The van der Waals surface area contributed by atoms with E-state index in [1.54, 1.807) is 17.9 Å². The Kier molecular flexibility index (Phi) is 3.72. The molecular formula is C18H23N3O4. The molecule has 1 spiro atoms. The number of fused-ring (bicyclic) bond motifs is 1. The van der Waals surface area contributed by atoms with Crippen molar-refractivity contribution in [3.05, 3.63) is 24.0 Å². The first-order chi connectivity index (χ1) is 11.9. The number of amides is 2. The lowest BCUT2D eigenvalue weighted by Crippen LogP contribution is -2.44. The van der Waals surface area contributed by atoms with Crippen molar-refractivity contribution in [2.45, 2.75) is 38.9 Å². The highest BCUT2D eigenvalue weighted by Gasteiger charge is 2.67. The smallest absolute Gasteiger partial charge is 0.235 e. The Morgan fingerprint density at radius 1 is 1.52 bits per heavy atom. The van der Waals surface area contributed by atoms with E-state index in [-0.39, 0.29) is 17.9 Å². The van der Waals surface area contributed by atoms with Gasteiger partial charge in [0.25, 0.3) is 0 Å². The molecule has 4 atom stereocenters. The van der Waals surface area contributed by atoms with Crippen LogP contribution in [0.5, 0.6) is 0 Å². The summed E-state index contributed by atoms with van der Waals surface area (Å²) >= 11 is 0. The lowest BCUT2D eigenvalue weighted by atomic mass is 9.77. The molecular weight excluding hydrogens is 322 g/mol. The van der Waals surface area contributed by atoms with Crippen molar-refractivity contribution in [2.24, 2.45) is 17.8 Å². The number of nitrogens with zero attached hydrogens (tertiary/aromatic N) is 2. The van der Waals surface area contributed by atoms with Crippen molar-refractivity contribution in [3.8, 4) is 0 Å².